The van der Waals surface area contributed by atoms with Crippen molar-refractivity contribution >= 4 is 37.3 Å². The number of halogens is 1. The standard InChI is InChI=1S/C20H21BrO6S/c1-12(11-28(24,25)15-8-6-14(21)7-9-15)5-10-16-13(2)17(22)19(26-3)20(27-4)18(16)23/h5-9H,10-11H2,1-4H3/b12-5+. The smallest absolute Gasteiger partial charge is 0.228 e. The summed E-state index contributed by atoms with van der Waals surface area (Å²) in [5.74, 6) is -1.29. The first-order chi connectivity index (χ1) is 13.1. The van der Waals surface area contributed by atoms with Gasteiger partial charge in [0, 0.05) is 15.6 Å². The average molecular weight is 469 g/mol. The summed E-state index contributed by atoms with van der Waals surface area (Å²) >= 11 is 3.27. The van der Waals surface area contributed by atoms with E-state index in [2.05, 4.69) is 15.9 Å². The van der Waals surface area contributed by atoms with Gasteiger partial charge in [0.15, 0.2) is 9.84 Å². The normalized spacial score (nSPS) is 16.0. The molecule has 0 N–H and O–H groups in total. The van der Waals surface area contributed by atoms with Crippen LogP contribution in [-0.4, -0.2) is 40.0 Å². The highest BCUT2D eigenvalue weighted by Crippen LogP contribution is 2.28. The first-order valence-electron chi connectivity index (χ1n) is 8.37. The lowest BCUT2D eigenvalue weighted by atomic mass is 9.90. The Kier molecular flexibility index (Phi) is 7.01. The van der Waals surface area contributed by atoms with Crippen molar-refractivity contribution in [1.29, 1.82) is 0 Å². The Labute approximate surface area is 173 Å². The number of carbonyl (C=O) groups is 2. The molecule has 2 rings (SSSR count). The SMILES string of the molecule is COC1=C(OC)C(=O)C(C/C=C(\C)CS(=O)(=O)c2ccc(Br)cc2)=C(C)C1=O. The number of methoxy groups -OCH3 is 2. The largest absolute Gasteiger partial charge is 0.489 e. The van der Waals surface area contributed by atoms with Crippen molar-refractivity contribution in [2.45, 2.75) is 25.2 Å². The highest BCUT2D eigenvalue weighted by atomic mass is 79.9. The lowest BCUT2D eigenvalue weighted by molar-refractivity contribution is -0.121. The van der Waals surface area contributed by atoms with Crippen molar-refractivity contribution in [3.63, 3.8) is 0 Å². The minimum absolute atomic E-state index is 0.118. The van der Waals surface area contributed by atoms with Gasteiger partial charge in [-0.25, -0.2) is 8.42 Å². The summed E-state index contributed by atoms with van der Waals surface area (Å²) in [5, 5.41) is 0. The number of hydrogen-bond donors (Lipinski definition) is 0. The Bertz CT molecular complexity index is 998. The summed E-state index contributed by atoms with van der Waals surface area (Å²) in [6.45, 7) is 3.22. The van der Waals surface area contributed by atoms with E-state index in [1.54, 1.807) is 32.1 Å². The van der Waals surface area contributed by atoms with Gasteiger partial charge in [0.05, 0.1) is 24.9 Å². The predicted molar refractivity (Wildman–Crippen MR) is 108 cm³/mol. The van der Waals surface area contributed by atoms with Crippen LogP contribution in [0.2, 0.25) is 0 Å². The Balaban J connectivity index is 2.22. The Hall–Kier alpha value is -2.19. The summed E-state index contributed by atoms with van der Waals surface area (Å²) in [4.78, 5) is 25.2. The van der Waals surface area contributed by atoms with Crippen molar-refractivity contribution in [3.8, 4) is 0 Å². The molecule has 0 heterocycles. The van der Waals surface area contributed by atoms with Crippen LogP contribution in [0.4, 0.5) is 0 Å². The molecule has 150 valence electrons. The predicted octanol–water partition coefficient (Wildman–Crippen LogP) is 3.53. The third-order valence-electron chi connectivity index (χ3n) is 4.34. The molecule has 0 spiro atoms. The van der Waals surface area contributed by atoms with E-state index in [1.165, 1.54) is 26.4 Å². The average Bonchev–Trinajstić information content (AvgIpc) is 2.64. The molecule has 0 atom stereocenters. The van der Waals surface area contributed by atoms with Crippen molar-refractivity contribution in [2.75, 3.05) is 20.0 Å². The topological polar surface area (TPSA) is 86.7 Å². The van der Waals surface area contributed by atoms with Gasteiger partial charge in [0.25, 0.3) is 0 Å². The molecule has 8 heteroatoms. The van der Waals surface area contributed by atoms with Gasteiger partial charge in [-0.1, -0.05) is 27.6 Å². The molecule has 0 fully saturated rings. The summed E-state index contributed by atoms with van der Waals surface area (Å²) in [6, 6.07) is 6.39. The van der Waals surface area contributed by atoms with Gasteiger partial charge in [-0.2, -0.15) is 0 Å². The Morgan fingerprint density at radius 1 is 1.04 bits per heavy atom. The minimum Gasteiger partial charge on any atom is -0.489 e. The highest BCUT2D eigenvalue weighted by molar-refractivity contribution is 9.10. The number of rotatable bonds is 7. The number of allylic oxidation sites excluding steroid dienone is 3. The van der Waals surface area contributed by atoms with Gasteiger partial charge in [-0.05, 0) is 44.5 Å². The van der Waals surface area contributed by atoms with Gasteiger partial charge < -0.3 is 9.47 Å². The second-order valence-corrected chi connectivity index (χ2v) is 9.20. The first kappa shape index (κ1) is 22.1. The van der Waals surface area contributed by atoms with E-state index >= 15 is 0 Å². The minimum atomic E-state index is -3.51. The Morgan fingerprint density at radius 3 is 2.11 bits per heavy atom. The van der Waals surface area contributed by atoms with Gasteiger partial charge in [0.2, 0.25) is 23.1 Å². The third kappa shape index (κ3) is 4.62. The van der Waals surface area contributed by atoms with Crippen LogP contribution in [0.25, 0.3) is 0 Å². The van der Waals surface area contributed by atoms with Gasteiger partial charge in [-0.3, -0.25) is 9.59 Å². The molecule has 0 aliphatic heterocycles. The maximum Gasteiger partial charge on any atom is 0.228 e. The van der Waals surface area contributed by atoms with Crippen molar-refractivity contribution < 1.29 is 27.5 Å². The zero-order chi connectivity index (χ0) is 21.1. The molecule has 0 amide bonds. The van der Waals surface area contributed by atoms with Gasteiger partial charge in [-0.15, -0.1) is 0 Å². The van der Waals surface area contributed by atoms with Crippen LogP contribution < -0.4 is 0 Å². The van der Waals surface area contributed by atoms with Crippen molar-refractivity contribution in [3.05, 3.63) is 63.1 Å². The lowest BCUT2D eigenvalue weighted by Crippen LogP contribution is -2.24. The van der Waals surface area contributed by atoms with E-state index in [-0.39, 0.29) is 39.7 Å². The quantitative estimate of drug-likeness (QED) is 0.449. The van der Waals surface area contributed by atoms with Crippen LogP contribution in [-0.2, 0) is 28.9 Å². The zero-order valence-electron chi connectivity index (χ0n) is 16.0. The number of sulfone groups is 1. The number of ketones is 2. The van der Waals surface area contributed by atoms with Crippen LogP contribution in [0.15, 0.2) is 67.9 Å². The van der Waals surface area contributed by atoms with Crippen LogP contribution in [0, 0.1) is 0 Å². The summed E-state index contributed by atoms with van der Waals surface area (Å²) in [5.41, 5.74) is 1.11. The molecule has 0 radical (unpaired) electrons. The number of carbonyl (C=O) groups excluding carboxylic acids is 2. The molecule has 0 unspecified atom stereocenters. The van der Waals surface area contributed by atoms with Crippen LogP contribution in [0.5, 0.6) is 0 Å². The fourth-order valence-electron chi connectivity index (χ4n) is 2.80. The van der Waals surface area contributed by atoms with E-state index < -0.39 is 21.4 Å². The maximum atomic E-state index is 12.6. The van der Waals surface area contributed by atoms with E-state index in [9.17, 15) is 18.0 Å². The van der Waals surface area contributed by atoms with E-state index in [0.717, 1.165) is 4.47 Å². The summed E-state index contributed by atoms with van der Waals surface area (Å²) < 4.78 is 35.9. The molecule has 1 aromatic rings. The van der Waals surface area contributed by atoms with E-state index in [4.69, 9.17) is 9.47 Å². The van der Waals surface area contributed by atoms with Crippen molar-refractivity contribution in [2.24, 2.45) is 0 Å². The second kappa shape index (κ2) is 8.87. The number of Topliss-reactive ketones (excluding diaryl/α,β-unsaturated/α-hetero) is 2. The summed E-state index contributed by atoms with van der Waals surface area (Å²) in [6.07, 6.45) is 1.77. The van der Waals surface area contributed by atoms with Gasteiger partial charge in [0.1, 0.15) is 0 Å². The van der Waals surface area contributed by atoms with Crippen LogP contribution >= 0.6 is 15.9 Å². The van der Waals surface area contributed by atoms with Crippen LogP contribution in [0.1, 0.15) is 20.3 Å². The molecule has 28 heavy (non-hydrogen) atoms. The monoisotopic (exact) mass is 468 g/mol. The third-order valence-corrected chi connectivity index (χ3v) is 6.69. The molecule has 1 aliphatic carbocycles. The van der Waals surface area contributed by atoms with Gasteiger partial charge >= 0.3 is 0 Å². The molecule has 0 saturated carbocycles. The molecular formula is C20H21BrO6S. The molecule has 6 nitrogen and oxygen atoms in total. The van der Waals surface area contributed by atoms with E-state index in [1.807, 2.05) is 0 Å². The second-order valence-electron chi connectivity index (χ2n) is 6.30. The molecule has 1 aromatic carbocycles. The fraction of sp³-hybridized carbons (Fsp3) is 0.300. The first-order valence-corrected chi connectivity index (χ1v) is 10.8. The molecule has 0 saturated heterocycles. The highest BCUT2D eigenvalue weighted by Gasteiger charge is 2.34. The molecule has 0 bridgehead atoms. The molecule has 1 aliphatic rings. The molecule has 0 aromatic heterocycles. The zero-order valence-corrected chi connectivity index (χ0v) is 18.4. The van der Waals surface area contributed by atoms with E-state index in [0.29, 0.717) is 5.57 Å². The van der Waals surface area contributed by atoms with Crippen LogP contribution in [0.3, 0.4) is 0 Å². The number of benzene rings is 1. The lowest BCUT2D eigenvalue weighted by Gasteiger charge is -2.19. The van der Waals surface area contributed by atoms with Crippen molar-refractivity contribution in [1.82, 2.24) is 0 Å². The number of ether oxygens (including phenoxy) is 2. The molecular weight excluding hydrogens is 448 g/mol. The summed E-state index contributed by atoms with van der Waals surface area (Å²) in [7, 11) is -0.910. The Morgan fingerprint density at radius 2 is 1.57 bits per heavy atom. The number of hydrogen-bond acceptors (Lipinski definition) is 6. The maximum absolute atomic E-state index is 12.6. The fourth-order valence-corrected chi connectivity index (χ4v) is 4.50.